The lowest BCUT2D eigenvalue weighted by molar-refractivity contribution is -0.187. The van der Waals surface area contributed by atoms with Crippen molar-refractivity contribution in [3.63, 3.8) is 0 Å². The average molecular weight is 378 g/mol. The molecule has 0 bridgehead atoms. The molecule has 0 aliphatic carbocycles. The second-order valence-corrected chi connectivity index (χ2v) is 7.38. The summed E-state index contributed by atoms with van der Waals surface area (Å²) in [5.74, 6) is -0.187. The molecule has 2 saturated heterocycles. The van der Waals surface area contributed by atoms with Gasteiger partial charge in [-0.3, -0.25) is 14.5 Å². The monoisotopic (exact) mass is 377 g/mol. The van der Waals surface area contributed by atoms with E-state index in [2.05, 4.69) is 10.3 Å². The Balaban J connectivity index is 1.42. The van der Waals surface area contributed by atoms with E-state index in [4.69, 9.17) is 16.3 Å². The summed E-state index contributed by atoms with van der Waals surface area (Å²) >= 11 is 5.97. The Morgan fingerprint density at radius 3 is 2.77 bits per heavy atom. The summed E-state index contributed by atoms with van der Waals surface area (Å²) in [5, 5.41) is 3.23. The Morgan fingerprint density at radius 1 is 1.31 bits per heavy atom. The van der Waals surface area contributed by atoms with Crippen LogP contribution in [0.3, 0.4) is 0 Å². The van der Waals surface area contributed by atoms with Crippen molar-refractivity contribution in [1.29, 1.82) is 0 Å². The molecule has 0 radical (unpaired) electrons. The highest BCUT2D eigenvalue weighted by molar-refractivity contribution is 6.30. The van der Waals surface area contributed by atoms with Gasteiger partial charge in [0.2, 0.25) is 5.91 Å². The molecule has 8 nitrogen and oxygen atoms in total. The molecule has 2 aliphatic heterocycles. The smallest absolute Gasteiger partial charge is 0.274 e. The second-order valence-electron chi connectivity index (χ2n) is 6.94. The fourth-order valence-corrected chi connectivity index (χ4v) is 3.82. The van der Waals surface area contributed by atoms with Gasteiger partial charge in [0.25, 0.3) is 5.91 Å². The predicted octanol–water partition coefficient (Wildman–Crippen LogP) is 0.259. The molecule has 1 spiro atoms. The highest BCUT2D eigenvalue weighted by Crippen LogP contribution is 2.31. The predicted molar refractivity (Wildman–Crippen MR) is 95.3 cm³/mol. The summed E-state index contributed by atoms with van der Waals surface area (Å²) in [7, 11) is 3.52. The molecule has 4 rings (SSSR count). The molecule has 2 aromatic heterocycles. The van der Waals surface area contributed by atoms with Gasteiger partial charge in [-0.2, -0.15) is 0 Å². The maximum absolute atomic E-state index is 12.7. The summed E-state index contributed by atoms with van der Waals surface area (Å²) in [5.41, 5.74) is 0.654. The van der Waals surface area contributed by atoms with E-state index in [-0.39, 0.29) is 17.9 Å². The van der Waals surface area contributed by atoms with E-state index in [9.17, 15) is 9.59 Å². The number of hydrogen-bond donors (Lipinski definition) is 1. The number of aromatic nitrogens is 2. The number of likely N-dealkylation sites (tertiary alicyclic amines) is 1. The summed E-state index contributed by atoms with van der Waals surface area (Å²) < 4.78 is 7.70. The van der Waals surface area contributed by atoms with Crippen LogP contribution in [0.4, 0.5) is 0 Å². The Kier molecular flexibility index (Phi) is 4.13. The summed E-state index contributed by atoms with van der Waals surface area (Å²) in [6, 6.07) is 3.22. The molecule has 2 aliphatic rings. The molecule has 4 heterocycles. The second kappa shape index (κ2) is 6.22. The number of halogens is 1. The number of carbonyl (C=O) groups is 2. The van der Waals surface area contributed by atoms with Gasteiger partial charge < -0.3 is 19.4 Å². The molecule has 9 heteroatoms. The molecule has 2 amide bonds. The zero-order valence-electron chi connectivity index (χ0n) is 14.6. The fraction of sp³-hybridized carbons (Fsp3) is 0.471. The number of imidazole rings is 1. The topological polar surface area (TPSA) is 79.2 Å². The molecule has 1 atom stereocenters. The molecule has 2 aromatic rings. The average Bonchev–Trinajstić information content (AvgIpc) is 3.01. The highest BCUT2D eigenvalue weighted by Gasteiger charge is 2.51. The first-order chi connectivity index (χ1) is 12.4. The molecule has 1 unspecified atom stereocenters. The summed E-state index contributed by atoms with van der Waals surface area (Å²) in [6.45, 7) is 1.91. The molecule has 138 valence electrons. The molecular weight excluding hydrogens is 358 g/mol. The first-order valence-electron chi connectivity index (χ1n) is 8.40. The van der Waals surface area contributed by atoms with Gasteiger partial charge in [0.05, 0.1) is 24.7 Å². The van der Waals surface area contributed by atoms with E-state index in [1.807, 2.05) is 11.9 Å². The van der Waals surface area contributed by atoms with Crippen molar-refractivity contribution >= 4 is 29.1 Å². The van der Waals surface area contributed by atoms with Crippen LogP contribution in [0.1, 0.15) is 10.5 Å². The zero-order chi connectivity index (χ0) is 18.5. The van der Waals surface area contributed by atoms with Crippen LogP contribution >= 0.6 is 11.6 Å². The van der Waals surface area contributed by atoms with E-state index in [0.29, 0.717) is 42.6 Å². The van der Waals surface area contributed by atoms with E-state index in [1.54, 1.807) is 40.9 Å². The lowest BCUT2D eigenvalue weighted by atomic mass is 9.90. The maximum Gasteiger partial charge on any atom is 0.274 e. The van der Waals surface area contributed by atoms with Gasteiger partial charge in [0.15, 0.2) is 0 Å². The molecule has 26 heavy (non-hydrogen) atoms. The lowest BCUT2D eigenvalue weighted by Gasteiger charge is -2.54. The first-order valence-corrected chi connectivity index (χ1v) is 8.78. The van der Waals surface area contributed by atoms with Crippen LogP contribution in [0.5, 0.6) is 0 Å². The normalized spacial score (nSPS) is 22.4. The maximum atomic E-state index is 12.7. The van der Waals surface area contributed by atoms with E-state index < -0.39 is 5.60 Å². The molecule has 1 N–H and O–H groups in total. The van der Waals surface area contributed by atoms with E-state index in [0.717, 1.165) is 0 Å². The third kappa shape index (κ3) is 2.84. The van der Waals surface area contributed by atoms with Crippen LogP contribution in [0.2, 0.25) is 5.02 Å². The number of morpholine rings is 1. The largest absolute Gasteiger partial charge is 0.368 e. The Bertz CT molecular complexity index is 876. The Hall–Kier alpha value is -2.16. The zero-order valence-corrected chi connectivity index (χ0v) is 15.4. The number of nitrogens with one attached hydrogen (secondary N) is 1. The number of pyridine rings is 1. The van der Waals surface area contributed by atoms with Crippen molar-refractivity contribution in [1.82, 2.24) is 24.5 Å². The lowest BCUT2D eigenvalue weighted by Crippen LogP contribution is -2.73. The van der Waals surface area contributed by atoms with Crippen LogP contribution in [0, 0.1) is 0 Å². The minimum Gasteiger partial charge on any atom is -0.368 e. The van der Waals surface area contributed by atoms with E-state index in [1.165, 1.54) is 0 Å². The number of amides is 2. The molecule has 0 aromatic carbocycles. The van der Waals surface area contributed by atoms with Gasteiger partial charge in [0, 0.05) is 26.0 Å². The SMILES string of the molecule is CNC(=O)C1COC2(CN(C(=O)c3cn4cc(Cl)ccc4n3)C2)CN1C. The van der Waals surface area contributed by atoms with Crippen LogP contribution < -0.4 is 5.32 Å². The van der Waals surface area contributed by atoms with Crippen LogP contribution in [0.25, 0.3) is 5.65 Å². The summed E-state index contributed by atoms with van der Waals surface area (Å²) in [4.78, 5) is 32.6. The number of nitrogens with zero attached hydrogens (tertiary/aromatic N) is 4. The third-order valence-electron chi connectivity index (χ3n) is 5.05. The van der Waals surface area contributed by atoms with Gasteiger partial charge in [-0.05, 0) is 19.2 Å². The Morgan fingerprint density at radius 2 is 2.08 bits per heavy atom. The standard InChI is InChI=1S/C17H20ClN5O3/c1-19-15(24)13-7-26-17(8-21(13)2)9-23(10-17)16(25)12-6-22-5-11(18)3-4-14(22)20-12/h3-6,13H,7-10H2,1-2H3,(H,19,24). The van der Waals surface area contributed by atoms with Crippen molar-refractivity contribution in [2.75, 3.05) is 40.3 Å². The first kappa shape index (κ1) is 17.3. The molecule has 2 fully saturated rings. The van der Waals surface area contributed by atoms with Gasteiger partial charge >= 0.3 is 0 Å². The van der Waals surface area contributed by atoms with Crippen LogP contribution in [-0.4, -0.2) is 83.0 Å². The fourth-order valence-electron chi connectivity index (χ4n) is 3.65. The van der Waals surface area contributed by atoms with Crippen LogP contribution in [-0.2, 0) is 9.53 Å². The van der Waals surface area contributed by atoms with Crippen molar-refractivity contribution in [3.05, 3.63) is 35.2 Å². The number of hydrogen-bond acceptors (Lipinski definition) is 5. The van der Waals surface area contributed by atoms with Gasteiger partial charge in [0.1, 0.15) is 23.0 Å². The van der Waals surface area contributed by atoms with E-state index >= 15 is 0 Å². The minimum absolute atomic E-state index is 0.0574. The van der Waals surface area contributed by atoms with Gasteiger partial charge in [-0.1, -0.05) is 11.6 Å². The molecule has 0 saturated carbocycles. The van der Waals surface area contributed by atoms with Crippen molar-refractivity contribution in [2.45, 2.75) is 11.6 Å². The Labute approximate surface area is 155 Å². The summed E-state index contributed by atoms with van der Waals surface area (Å²) in [6.07, 6.45) is 3.40. The van der Waals surface area contributed by atoms with Crippen molar-refractivity contribution < 1.29 is 14.3 Å². The van der Waals surface area contributed by atoms with Gasteiger partial charge in [-0.25, -0.2) is 4.98 Å². The van der Waals surface area contributed by atoms with Crippen molar-refractivity contribution in [2.24, 2.45) is 0 Å². The molecular formula is C17H20ClN5O3. The number of rotatable bonds is 2. The van der Waals surface area contributed by atoms with Crippen molar-refractivity contribution in [3.8, 4) is 0 Å². The highest BCUT2D eigenvalue weighted by atomic mass is 35.5. The number of ether oxygens (including phenoxy) is 1. The quantitative estimate of drug-likeness (QED) is 0.812. The number of fused-ring (bicyclic) bond motifs is 1. The number of likely N-dealkylation sites (N-methyl/N-ethyl adjacent to an activating group) is 2. The van der Waals surface area contributed by atoms with Crippen LogP contribution in [0.15, 0.2) is 24.5 Å². The minimum atomic E-state index is -0.405. The van der Waals surface area contributed by atoms with Gasteiger partial charge in [-0.15, -0.1) is 0 Å². The number of carbonyl (C=O) groups excluding carboxylic acids is 2. The third-order valence-corrected chi connectivity index (χ3v) is 5.27.